The first-order valence-corrected chi connectivity index (χ1v) is 8.23. The summed E-state index contributed by atoms with van der Waals surface area (Å²) in [4.78, 5) is 0.443. The van der Waals surface area contributed by atoms with Gasteiger partial charge in [0, 0.05) is 19.1 Å². The van der Waals surface area contributed by atoms with Crippen LogP contribution in [0.4, 0.5) is 0 Å². The van der Waals surface area contributed by atoms with Crippen molar-refractivity contribution >= 4 is 10.0 Å². The van der Waals surface area contributed by atoms with Gasteiger partial charge in [0.25, 0.3) is 0 Å². The van der Waals surface area contributed by atoms with Crippen molar-refractivity contribution in [2.24, 2.45) is 0 Å². The number of aryl methyl sites for hydroxylation is 1. The van der Waals surface area contributed by atoms with Crippen molar-refractivity contribution in [3.05, 3.63) is 29.8 Å². The summed E-state index contributed by atoms with van der Waals surface area (Å²) < 4.78 is 27.3. The molecular formula is C14H22N2O2S. The van der Waals surface area contributed by atoms with Crippen LogP contribution in [0.1, 0.15) is 24.8 Å². The number of nitrogens with zero attached hydrogens (tertiary/aromatic N) is 1. The van der Waals surface area contributed by atoms with Crippen molar-refractivity contribution in [2.45, 2.75) is 37.1 Å². The van der Waals surface area contributed by atoms with Crippen LogP contribution in [-0.4, -0.2) is 38.9 Å². The van der Waals surface area contributed by atoms with Crippen LogP contribution in [0.5, 0.6) is 0 Å². The highest BCUT2D eigenvalue weighted by atomic mass is 32.2. The predicted octanol–water partition coefficient (Wildman–Crippen LogP) is 1.76. The lowest BCUT2D eigenvalue weighted by Crippen LogP contribution is -2.48. The summed E-state index contributed by atoms with van der Waals surface area (Å²) in [6, 6.07) is 7.29. The first kappa shape index (κ1) is 14.5. The zero-order chi connectivity index (χ0) is 13.9. The Hall–Kier alpha value is -0.910. The molecule has 1 aliphatic heterocycles. The Morgan fingerprint density at radius 3 is 2.74 bits per heavy atom. The summed E-state index contributed by atoms with van der Waals surface area (Å²) in [5.74, 6) is 0. The summed E-state index contributed by atoms with van der Waals surface area (Å²) >= 11 is 0. The van der Waals surface area contributed by atoms with E-state index in [2.05, 4.69) is 5.32 Å². The van der Waals surface area contributed by atoms with Gasteiger partial charge < -0.3 is 5.32 Å². The third-order valence-electron chi connectivity index (χ3n) is 3.69. The SMILES string of the molecule is CNCC1CCCCN1S(=O)(=O)c1ccccc1C. The van der Waals surface area contributed by atoms with E-state index < -0.39 is 10.0 Å². The number of nitrogens with one attached hydrogen (secondary N) is 1. The van der Waals surface area contributed by atoms with Crippen LogP contribution in [0, 0.1) is 6.92 Å². The maximum atomic E-state index is 12.8. The highest BCUT2D eigenvalue weighted by molar-refractivity contribution is 7.89. The fourth-order valence-corrected chi connectivity index (χ4v) is 4.62. The molecule has 2 rings (SSSR count). The lowest BCUT2D eigenvalue weighted by atomic mass is 10.1. The molecule has 1 aromatic carbocycles. The fourth-order valence-electron chi connectivity index (χ4n) is 2.70. The molecular weight excluding hydrogens is 260 g/mol. The van der Waals surface area contributed by atoms with E-state index in [1.165, 1.54) is 0 Å². The zero-order valence-electron chi connectivity index (χ0n) is 11.6. The second kappa shape index (κ2) is 6.03. The first-order valence-electron chi connectivity index (χ1n) is 6.79. The van der Waals surface area contributed by atoms with E-state index in [1.54, 1.807) is 16.4 Å². The average Bonchev–Trinajstić information content (AvgIpc) is 2.40. The van der Waals surface area contributed by atoms with Gasteiger partial charge in [0.1, 0.15) is 0 Å². The summed E-state index contributed by atoms with van der Waals surface area (Å²) in [6.45, 7) is 3.19. The van der Waals surface area contributed by atoms with Crippen LogP contribution in [0.25, 0.3) is 0 Å². The first-order chi connectivity index (χ1) is 9.07. The van der Waals surface area contributed by atoms with Crippen LogP contribution in [-0.2, 0) is 10.0 Å². The minimum atomic E-state index is -3.37. The molecule has 4 nitrogen and oxygen atoms in total. The van der Waals surface area contributed by atoms with Crippen molar-refractivity contribution in [3.63, 3.8) is 0 Å². The second-order valence-corrected chi connectivity index (χ2v) is 6.95. The van der Waals surface area contributed by atoms with Gasteiger partial charge in [0.05, 0.1) is 4.90 Å². The molecule has 0 amide bonds. The molecule has 19 heavy (non-hydrogen) atoms. The van der Waals surface area contributed by atoms with Crippen molar-refractivity contribution in [2.75, 3.05) is 20.1 Å². The Kier molecular flexibility index (Phi) is 4.60. The highest BCUT2D eigenvalue weighted by Gasteiger charge is 2.33. The number of hydrogen-bond donors (Lipinski definition) is 1. The highest BCUT2D eigenvalue weighted by Crippen LogP contribution is 2.26. The van der Waals surface area contributed by atoms with E-state index in [1.807, 2.05) is 26.1 Å². The van der Waals surface area contributed by atoms with E-state index in [9.17, 15) is 8.42 Å². The third kappa shape index (κ3) is 2.99. The van der Waals surface area contributed by atoms with Gasteiger partial charge in [-0.2, -0.15) is 4.31 Å². The number of piperidine rings is 1. The van der Waals surface area contributed by atoms with Gasteiger partial charge in [-0.3, -0.25) is 0 Å². The molecule has 0 aliphatic carbocycles. The van der Waals surface area contributed by atoms with Crippen LogP contribution in [0.2, 0.25) is 0 Å². The van der Waals surface area contributed by atoms with E-state index in [-0.39, 0.29) is 6.04 Å². The van der Waals surface area contributed by atoms with E-state index in [4.69, 9.17) is 0 Å². The standard InChI is InChI=1S/C14H22N2O2S/c1-12-7-3-4-9-14(12)19(17,18)16-10-6-5-8-13(16)11-15-2/h3-4,7,9,13,15H,5-6,8,10-11H2,1-2H3. The average molecular weight is 282 g/mol. The predicted molar refractivity (Wildman–Crippen MR) is 76.6 cm³/mol. The van der Waals surface area contributed by atoms with Gasteiger partial charge in [-0.15, -0.1) is 0 Å². The fraction of sp³-hybridized carbons (Fsp3) is 0.571. The smallest absolute Gasteiger partial charge is 0.243 e. The molecule has 1 fully saturated rings. The Morgan fingerprint density at radius 2 is 2.05 bits per heavy atom. The molecule has 1 atom stereocenters. The minimum absolute atomic E-state index is 0.0726. The van der Waals surface area contributed by atoms with Gasteiger partial charge in [-0.25, -0.2) is 8.42 Å². The summed E-state index contributed by atoms with van der Waals surface area (Å²) in [5.41, 5.74) is 0.816. The molecule has 0 spiro atoms. The minimum Gasteiger partial charge on any atom is -0.318 e. The van der Waals surface area contributed by atoms with Gasteiger partial charge in [-0.1, -0.05) is 24.6 Å². The lowest BCUT2D eigenvalue weighted by molar-refractivity contribution is 0.249. The van der Waals surface area contributed by atoms with Crippen molar-refractivity contribution in [1.82, 2.24) is 9.62 Å². The quantitative estimate of drug-likeness (QED) is 0.915. The Morgan fingerprint density at radius 1 is 1.32 bits per heavy atom. The zero-order valence-corrected chi connectivity index (χ0v) is 12.4. The van der Waals surface area contributed by atoms with E-state index in [0.29, 0.717) is 18.0 Å². The Balaban J connectivity index is 2.35. The molecule has 1 heterocycles. The van der Waals surface area contributed by atoms with Gasteiger partial charge in [0.2, 0.25) is 10.0 Å². The third-order valence-corrected chi connectivity index (χ3v) is 5.81. The molecule has 0 saturated carbocycles. The normalized spacial score (nSPS) is 21.5. The van der Waals surface area contributed by atoms with Crippen LogP contribution >= 0.6 is 0 Å². The second-order valence-electron chi connectivity index (χ2n) is 5.09. The van der Waals surface area contributed by atoms with E-state index in [0.717, 1.165) is 24.8 Å². The molecule has 0 bridgehead atoms. The van der Waals surface area contributed by atoms with Crippen molar-refractivity contribution in [3.8, 4) is 0 Å². The maximum absolute atomic E-state index is 12.8. The molecule has 1 aromatic rings. The van der Waals surface area contributed by atoms with Gasteiger partial charge in [-0.05, 0) is 38.4 Å². The summed E-state index contributed by atoms with van der Waals surface area (Å²) in [6.07, 6.45) is 2.99. The molecule has 0 aromatic heterocycles. The largest absolute Gasteiger partial charge is 0.318 e. The summed E-state index contributed by atoms with van der Waals surface area (Å²) in [7, 11) is -1.50. The van der Waals surface area contributed by atoms with Crippen molar-refractivity contribution in [1.29, 1.82) is 0 Å². The monoisotopic (exact) mass is 282 g/mol. The Labute approximate surface area is 115 Å². The van der Waals surface area contributed by atoms with Crippen molar-refractivity contribution < 1.29 is 8.42 Å². The maximum Gasteiger partial charge on any atom is 0.243 e. The van der Waals surface area contributed by atoms with E-state index >= 15 is 0 Å². The van der Waals surface area contributed by atoms with Crippen LogP contribution < -0.4 is 5.32 Å². The lowest BCUT2D eigenvalue weighted by Gasteiger charge is -2.34. The molecule has 1 aliphatic rings. The molecule has 106 valence electrons. The summed E-state index contributed by atoms with van der Waals surface area (Å²) in [5, 5.41) is 3.10. The number of benzene rings is 1. The van der Waals surface area contributed by atoms with Gasteiger partial charge in [0.15, 0.2) is 0 Å². The van der Waals surface area contributed by atoms with Gasteiger partial charge >= 0.3 is 0 Å². The van der Waals surface area contributed by atoms with Crippen LogP contribution in [0.15, 0.2) is 29.2 Å². The number of likely N-dealkylation sites (N-methyl/N-ethyl adjacent to an activating group) is 1. The molecule has 0 radical (unpaired) electrons. The molecule has 1 unspecified atom stereocenters. The number of rotatable bonds is 4. The number of hydrogen-bond acceptors (Lipinski definition) is 3. The topological polar surface area (TPSA) is 49.4 Å². The molecule has 5 heteroatoms. The van der Waals surface area contributed by atoms with Crippen LogP contribution in [0.3, 0.4) is 0 Å². The Bertz CT molecular complexity index is 526. The molecule has 1 saturated heterocycles. The molecule has 1 N–H and O–H groups in total. The number of sulfonamides is 1.